The molecule has 3 aromatic rings. The third-order valence-electron chi connectivity index (χ3n) is 4.91. The lowest BCUT2D eigenvalue weighted by Gasteiger charge is -2.19. The van der Waals surface area contributed by atoms with Gasteiger partial charge in [-0.25, -0.2) is 0 Å². The monoisotopic (exact) mass is 483 g/mol. The predicted molar refractivity (Wildman–Crippen MR) is 126 cm³/mol. The van der Waals surface area contributed by atoms with Gasteiger partial charge in [-0.15, -0.1) is 0 Å². The topological polar surface area (TPSA) is 49.0 Å². The molecule has 0 unspecified atom stereocenters. The molecule has 0 spiro atoms. The molecule has 1 N–H and O–H groups in total. The van der Waals surface area contributed by atoms with Gasteiger partial charge >= 0.3 is 0 Å². The van der Waals surface area contributed by atoms with Crippen LogP contribution in [-0.2, 0) is 13.2 Å². The quantitative estimate of drug-likeness (QED) is 0.418. The van der Waals surface area contributed by atoms with Crippen LogP contribution in [0.5, 0.6) is 23.0 Å². The molecule has 4 rings (SSSR count). The SMILES string of the molecule is CCOc1cc(CNc2ccc3c(c2)OCCO3)c(Br)cc1OCc1cccc(C)c1. The van der Waals surface area contributed by atoms with Gasteiger partial charge in [0.1, 0.15) is 19.8 Å². The third kappa shape index (κ3) is 5.44. The summed E-state index contributed by atoms with van der Waals surface area (Å²) < 4.78 is 24.2. The highest BCUT2D eigenvalue weighted by molar-refractivity contribution is 9.10. The number of anilines is 1. The van der Waals surface area contributed by atoms with Crippen molar-refractivity contribution in [2.75, 3.05) is 25.1 Å². The van der Waals surface area contributed by atoms with Crippen molar-refractivity contribution in [3.63, 3.8) is 0 Å². The Labute approximate surface area is 191 Å². The van der Waals surface area contributed by atoms with Gasteiger partial charge in [0.25, 0.3) is 0 Å². The van der Waals surface area contributed by atoms with E-state index < -0.39 is 0 Å². The van der Waals surface area contributed by atoms with Crippen LogP contribution >= 0.6 is 15.9 Å². The zero-order chi connectivity index (χ0) is 21.6. The molecule has 0 bridgehead atoms. The molecule has 162 valence electrons. The molecule has 0 saturated heterocycles. The Balaban J connectivity index is 1.47. The maximum atomic E-state index is 6.09. The summed E-state index contributed by atoms with van der Waals surface area (Å²) >= 11 is 3.68. The Kier molecular flexibility index (Phi) is 6.87. The first kappa shape index (κ1) is 21.4. The number of fused-ring (bicyclic) bond motifs is 1. The van der Waals surface area contributed by atoms with E-state index in [-0.39, 0.29) is 0 Å². The van der Waals surface area contributed by atoms with Crippen LogP contribution in [0.1, 0.15) is 23.6 Å². The standard InChI is InChI=1S/C25H26BrNO4/c1-3-28-23-12-19(15-27-20-7-8-22-24(13-20)30-10-9-29-22)21(26)14-25(23)31-16-18-6-4-5-17(2)11-18/h4-8,11-14,27H,3,9-10,15-16H2,1-2H3. The molecule has 1 heterocycles. The van der Waals surface area contributed by atoms with Crippen molar-refractivity contribution in [1.82, 2.24) is 0 Å². The largest absolute Gasteiger partial charge is 0.490 e. The highest BCUT2D eigenvalue weighted by Gasteiger charge is 2.14. The summed E-state index contributed by atoms with van der Waals surface area (Å²) in [6.45, 7) is 6.89. The van der Waals surface area contributed by atoms with E-state index in [2.05, 4.69) is 46.4 Å². The molecule has 0 fully saturated rings. The molecule has 31 heavy (non-hydrogen) atoms. The first-order valence-electron chi connectivity index (χ1n) is 10.4. The smallest absolute Gasteiger partial charge is 0.163 e. The van der Waals surface area contributed by atoms with Crippen molar-refractivity contribution in [2.24, 2.45) is 0 Å². The van der Waals surface area contributed by atoms with Gasteiger partial charge in [0, 0.05) is 22.8 Å². The summed E-state index contributed by atoms with van der Waals surface area (Å²) in [5.41, 5.74) is 4.38. The van der Waals surface area contributed by atoms with Crippen LogP contribution in [-0.4, -0.2) is 19.8 Å². The molecular weight excluding hydrogens is 458 g/mol. The number of hydrogen-bond acceptors (Lipinski definition) is 5. The number of hydrogen-bond donors (Lipinski definition) is 1. The molecule has 1 aliphatic heterocycles. The van der Waals surface area contributed by atoms with Gasteiger partial charge in [-0.1, -0.05) is 45.8 Å². The molecule has 0 aliphatic carbocycles. The number of benzene rings is 3. The van der Waals surface area contributed by atoms with Crippen LogP contribution in [0.3, 0.4) is 0 Å². The highest BCUT2D eigenvalue weighted by atomic mass is 79.9. The molecule has 0 saturated carbocycles. The van der Waals surface area contributed by atoms with Crippen LogP contribution in [0.4, 0.5) is 5.69 Å². The van der Waals surface area contributed by atoms with Crippen molar-refractivity contribution >= 4 is 21.6 Å². The normalized spacial score (nSPS) is 12.4. The summed E-state index contributed by atoms with van der Waals surface area (Å²) in [6, 6.07) is 18.2. The van der Waals surface area contributed by atoms with E-state index in [1.807, 2.05) is 43.3 Å². The Bertz CT molecular complexity index is 1050. The van der Waals surface area contributed by atoms with Gasteiger partial charge < -0.3 is 24.3 Å². The van der Waals surface area contributed by atoms with E-state index in [0.29, 0.717) is 33.0 Å². The fourth-order valence-electron chi connectivity index (χ4n) is 3.41. The van der Waals surface area contributed by atoms with Crippen molar-refractivity contribution < 1.29 is 18.9 Å². The van der Waals surface area contributed by atoms with E-state index >= 15 is 0 Å². The van der Waals surface area contributed by atoms with E-state index in [4.69, 9.17) is 18.9 Å². The van der Waals surface area contributed by atoms with Crippen LogP contribution in [0, 0.1) is 6.92 Å². The zero-order valence-electron chi connectivity index (χ0n) is 17.7. The van der Waals surface area contributed by atoms with Gasteiger partial charge in [0.15, 0.2) is 23.0 Å². The van der Waals surface area contributed by atoms with Crippen molar-refractivity contribution in [3.05, 3.63) is 75.8 Å². The minimum atomic E-state index is 0.489. The molecule has 0 aromatic heterocycles. The molecule has 3 aromatic carbocycles. The maximum Gasteiger partial charge on any atom is 0.163 e. The van der Waals surface area contributed by atoms with Crippen molar-refractivity contribution in [1.29, 1.82) is 0 Å². The van der Waals surface area contributed by atoms with Gasteiger partial charge in [0.05, 0.1) is 6.61 Å². The number of ether oxygens (including phenoxy) is 4. The van der Waals surface area contributed by atoms with Crippen LogP contribution in [0.25, 0.3) is 0 Å². The van der Waals surface area contributed by atoms with Gasteiger partial charge in [-0.05, 0) is 49.2 Å². The molecule has 0 atom stereocenters. The molecular formula is C25H26BrNO4. The van der Waals surface area contributed by atoms with Crippen LogP contribution in [0.2, 0.25) is 0 Å². The maximum absolute atomic E-state index is 6.09. The summed E-state index contributed by atoms with van der Waals surface area (Å²) in [5, 5.41) is 3.44. The average Bonchev–Trinajstić information content (AvgIpc) is 2.78. The fourth-order valence-corrected chi connectivity index (χ4v) is 3.87. The van der Waals surface area contributed by atoms with Crippen molar-refractivity contribution in [2.45, 2.75) is 27.0 Å². The van der Waals surface area contributed by atoms with E-state index in [1.54, 1.807) is 0 Å². The summed E-state index contributed by atoms with van der Waals surface area (Å²) in [7, 11) is 0. The summed E-state index contributed by atoms with van der Waals surface area (Å²) in [4.78, 5) is 0. The number of rotatable bonds is 8. The minimum absolute atomic E-state index is 0.489. The highest BCUT2D eigenvalue weighted by Crippen LogP contribution is 2.36. The summed E-state index contributed by atoms with van der Waals surface area (Å²) in [6.07, 6.45) is 0. The molecule has 5 nitrogen and oxygen atoms in total. The van der Waals surface area contributed by atoms with E-state index in [9.17, 15) is 0 Å². The number of halogens is 1. The van der Waals surface area contributed by atoms with Gasteiger partial charge in [-0.3, -0.25) is 0 Å². The second kappa shape index (κ2) is 9.96. The minimum Gasteiger partial charge on any atom is -0.490 e. The Morgan fingerprint density at radius 1 is 0.935 bits per heavy atom. The van der Waals surface area contributed by atoms with E-state index in [1.165, 1.54) is 5.56 Å². The Morgan fingerprint density at radius 3 is 2.55 bits per heavy atom. The third-order valence-corrected chi connectivity index (χ3v) is 5.65. The zero-order valence-corrected chi connectivity index (χ0v) is 19.3. The molecule has 6 heteroatoms. The second-order valence-corrected chi connectivity index (χ2v) is 8.17. The van der Waals surface area contributed by atoms with E-state index in [0.717, 1.165) is 44.3 Å². The molecule has 0 amide bonds. The molecule has 1 aliphatic rings. The first-order valence-corrected chi connectivity index (χ1v) is 11.2. The van der Waals surface area contributed by atoms with Crippen LogP contribution < -0.4 is 24.3 Å². The first-order chi connectivity index (χ1) is 15.1. The Morgan fingerprint density at radius 2 is 1.74 bits per heavy atom. The lowest BCUT2D eigenvalue weighted by molar-refractivity contribution is 0.171. The lowest BCUT2D eigenvalue weighted by Crippen LogP contribution is -2.15. The summed E-state index contributed by atoms with van der Waals surface area (Å²) in [5.74, 6) is 3.01. The molecule has 0 radical (unpaired) electrons. The fraction of sp³-hybridized carbons (Fsp3) is 0.280. The number of aryl methyl sites for hydroxylation is 1. The van der Waals surface area contributed by atoms with Crippen LogP contribution in [0.15, 0.2) is 59.1 Å². The predicted octanol–water partition coefficient (Wildman–Crippen LogP) is 6.12. The van der Waals surface area contributed by atoms with Gasteiger partial charge in [-0.2, -0.15) is 0 Å². The Hall–Kier alpha value is -2.86. The number of nitrogens with one attached hydrogen (secondary N) is 1. The second-order valence-electron chi connectivity index (χ2n) is 7.31. The van der Waals surface area contributed by atoms with Gasteiger partial charge in [0.2, 0.25) is 0 Å². The van der Waals surface area contributed by atoms with Crippen molar-refractivity contribution in [3.8, 4) is 23.0 Å². The average molecular weight is 484 g/mol. The lowest BCUT2D eigenvalue weighted by atomic mass is 10.1.